The molecule has 3 atom stereocenters. The first-order chi connectivity index (χ1) is 11.0. The Morgan fingerprint density at radius 1 is 1.33 bits per heavy atom. The maximum atomic E-state index is 12.9. The SMILES string of the molecule is CON(C)C(=O)[C@H]1C[C@@H](O[Si](C)(C)C(C)(C)C)C(=O)N2CCC[C@H]12. The minimum atomic E-state index is -2.08. The van der Waals surface area contributed by atoms with Crippen LogP contribution in [0.1, 0.15) is 40.0 Å². The highest BCUT2D eigenvalue weighted by Gasteiger charge is 2.50. The number of piperidine rings is 1. The van der Waals surface area contributed by atoms with Crippen molar-refractivity contribution in [3.05, 3.63) is 0 Å². The van der Waals surface area contributed by atoms with Crippen LogP contribution < -0.4 is 0 Å². The van der Waals surface area contributed by atoms with E-state index in [9.17, 15) is 9.59 Å². The number of fused-ring (bicyclic) bond motifs is 1. The van der Waals surface area contributed by atoms with E-state index in [4.69, 9.17) is 9.26 Å². The van der Waals surface area contributed by atoms with E-state index in [1.54, 1.807) is 7.05 Å². The van der Waals surface area contributed by atoms with Crippen molar-refractivity contribution in [1.82, 2.24) is 9.96 Å². The maximum absolute atomic E-state index is 12.9. The summed E-state index contributed by atoms with van der Waals surface area (Å²) >= 11 is 0. The molecule has 0 bridgehead atoms. The zero-order valence-electron chi connectivity index (χ0n) is 16.1. The number of hydrogen-bond donors (Lipinski definition) is 0. The van der Waals surface area contributed by atoms with Gasteiger partial charge in [0.05, 0.1) is 13.0 Å². The van der Waals surface area contributed by atoms with Crippen LogP contribution in [-0.2, 0) is 18.9 Å². The minimum Gasteiger partial charge on any atom is -0.405 e. The van der Waals surface area contributed by atoms with Crippen molar-refractivity contribution in [2.45, 2.75) is 70.3 Å². The Labute approximate surface area is 146 Å². The number of hydrogen-bond acceptors (Lipinski definition) is 4. The predicted octanol–water partition coefficient (Wildman–Crippen LogP) is 2.41. The molecule has 0 aliphatic carbocycles. The second kappa shape index (κ2) is 6.76. The van der Waals surface area contributed by atoms with Crippen LogP contribution in [0.4, 0.5) is 0 Å². The molecule has 6 nitrogen and oxygen atoms in total. The summed E-state index contributed by atoms with van der Waals surface area (Å²) in [6.07, 6.45) is 1.77. The normalized spacial score (nSPS) is 28.0. The summed E-state index contributed by atoms with van der Waals surface area (Å²) in [4.78, 5) is 32.5. The average molecular weight is 357 g/mol. The third-order valence-electron chi connectivity index (χ3n) is 5.93. The van der Waals surface area contributed by atoms with Crippen LogP contribution in [0.3, 0.4) is 0 Å². The van der Waals surface area contributed by atoms with E-state index in [1.165, 1.54) is 12.2 Å². The minimum absolute atomic E-state index is 0.0122. The fraction of sp³-hybridized carbons (Fsp3) is 0.882. The molecule has 0 N–H and O–H groups in total. The Hall–Kier alpha value is -0.923. The number of hydroxylamine groups is 2. The molecule has 0 saturated carbocycles. The van der Waals surface area contributed by atoms with Gasteiger partial charge in [-0.2, -0.15) is 0 Å². The van der Waals surface area contributed by atoms with Crippen molar-refractivity contribution in [3.8, 4) is 0 Å². The van der Waals surface area contributed by atoms with Gasteiger partial charge in [0.25, 0.3) is 11.8 Å². The van der Waals surface area contributed by atoms with Crippen LogP contribution in [0.5, 0.6) is 0 Å². The lowest BCUT2D eigenvalue weighted by molar-refractivity contribution is -0.180. The zero-order valence-corrected chi connectivity index (χ0v) is 17.1. The molecule has 0 aromatic rings. The molecule has 0 aromatic heterocycles. The standard InChI is InChI=1S/C17H32N2O4Si/c1-17(2,3)24(6,7)23-14-11-12(15(20)18(4)22-5)13-9-8-10-19(13)16(14)21/h12-14H,8-11H2,1-7H3/t12-,13+,14+/m0/s1. The van der Waals surface area contributed by atoms with E-state index in [2.05, 4.69) is 33.9 Å². The van der Waals surface area contributed by atoms with Crippen LogP contribution in [0.15, 0.2) is 0 Å². The first-order valence-corrected chi connectivity index (χ1v) is 11.7. The fourth-order valence-corrected chi connectivity index (χ4v) is 4.64. The first-order valence-electron chi connectivity index (χ1n) is 8.79. The molecular weight excluding hydrogens is 324 g/mol. The molecule has 0 unspecified atom stereocenters. The van der Waals surface area contributed by atoms with Gasteiger partial charge in [0.2, 0.25) is 0 Å². The summed E-state index contributed by atoms with van der Waals surface area (Å²) in [6, 6.07) is -0.0122. The summed E-state index contributed by atoms with van der Waals surface area (Å²) < 4.78 is 6.39. The number of nitrogens with zero attached hydrogens (tertiary/aromatic N) is 2. The topological polar surface area (TPSA) is 59.1 Å². The largest absolute Gasteiger partial charge is 0.405 e. The average Bonchev–Trinajstić information content (AvgIpc) is 2.97. The second-order valence-electron chi connectivity index (χ2n) is 8.47. The van der Waals surface area contributed by atoms with Crippen molar-refractivity contribution in [1.29, 1.82) is 0 Å². The predicted molar refractivity (Wildman–Crippen MR) is 94.7 cm³/mol. The smallest absolute Gasteiger partial charge is 0.251 e. The third kappa shape index (κ3) is 3.53. The summed E-state index contributed by atoms with van der Waals surface area (Å²) in [5.74, 6) is -0.248. The van der Waals surface area contributed by atoms with E-state index < -0.39 is 14.4 Å². The lowest BCUT2D eigenvalue weighted by Gasteiger charge is -2.45. The Morgan fingerprint density at radius 3 is 2.50 bits per heavy atom. The van der Waals surface area contributed by atoms with Gasteiger partial charge in [-0.25, -0.2) is 5.06 Å². The van der Waals surface area contributed by atoms with Gasteiger partial charge in [0, 0.05) is 19.6 Å². The molecule has 24 heavy (non-hydrogen) atoms. The molecular formula is C17H32N2O4Si. The quantitative estimate of drug-likeness (QED) is 0.573. The molecule has 2 amide bonds. The number of rotatable bonds is 4. The summed E-state index contributed by atoms with van der Waals surface area (Å²) in [7, 11) is 1.03. The lowest BCUT2D eigenvalue weighted by atomic mass is 9.86. The Balaban J connectivity index is 2.24. The molecule has 138 valence electrons. The third-order valence-corrected chi connectivity index (χ3v) is 10.4. The highest BCUT2D eigenvalue weighted by atomic mass is 28.4. The van der Waals surface area contributed by atoms with Crippen LogP contribution in [0.25, 0.3) is 0 Å². The van der Waals surface area contributed by atoms with Crippen molar-refractivity contribution in [3.63, 3.8) is 0 Å². The molecule has 2 fully saturated rings. The molecule has 0 radical (unpaired) electrons. The summed E-state index contributed by atoms with van der Waals surface area (Å²) in [6.45, 7) is 11.5. The van der Waals surface area contributed by atoms with Crippen molar-refractivity contribution >= 4 is 20.1 Å². The van der Waals surface area contributed by atoms with E-state index in [1.807, 2.05) is 4.90 Å². The highest BCUT2D eigenvalue weighted by Crippen LogP contribution is 2.41. The number of carbonyl (C=O) groups excluding carboxylic acids is 2. The second-order valence-corrected chi connectivity index (χ2v) is 13.2. The van der Waals surface area contributed by atoms with Crippen molar-refractivity contribution in [2.24, 2.45) is 5.92 Å². The number of amides is 2. The van der Waals surface area contributed by atoms with Crippen molar-refractivity contribution < 1.29 is 18.9 Å². The molecule has 0 aromatic carbocycles. The van der Waals surface area contributed by atoms with E-state index >= 15 is 0 Å². The first kappa shape index (κ1) is 19.4. The van der Waals surface area contributed by atoms with Crippen LogP contribution in [0.2, 0.25) is 18.1 Å². The van der Waals surface area contributed by atoms with Gasteiger partial charge in [-0.15, -0.1) is 0 Å². The van der Waals surface area contributed by atoms with Crippen LogP contribution in [0, 0.1) is 5.92 Å². The maximum Gasteiger partial charge on any atom is 0.251 e. The highest BCUT2D eigenvalue weighted by molar-refractivity contribution is 6.74. The Morgan fingerprint density at radius 2 is 1.96 bits per heavy atom. The molecule has 7 heteroatoms. The van der Waals surface area contributed by atoms with Gasteiger partial charge < -0.3 is 9.33 Å². The van der Waals surface area contributed by atoms with Crippen molar-refractivity contribution in [2.75, 3.05) is 20.7 Å². The van der Waals surface area contributed by atoms with Crippen LogP contribution in [-0.4, -0.2) is 62.9 Å². The molecule has 2 heterocycles. The van der Waals surface area contributed by atoms with Gasteiger partial charge in [-0.3, -0.25) is 14.4 Å². The van der Waals surface area contributed by atoms with E-state index in [0.29, 0.717) is 6.42 Å². The van der Waals surface area contributed by atoms with Gasteiger partial charge in [-0.1, -0.05) is 20.8 Å². The summed E-state index contributed by atoms with van der Waals surface area (Å²) in [5, 5.41) is 1.30. The molecule has 2 saturated heterocycles. The summed E-state index contributed by atoms with van der Waals surface area (Å²) in [5.41, 5.74) is 0. The van der Waals surface area contributed by atoms with Gasteiger partial charge >= 0.3 is 0 Å². The monoisotopic (exact) mass is 356 g/mol. The number of carbonyl (C=O) groups is 2. The van der Waals surface area contributed by atoms with E-state index in [0.717, 1.165) is 19.4 Å². The lowest BCUT2D eigenvalue weighted by Crippen LogP contribution is -2.58. The van der Waals surface area contributed by atoms with E-state index in [-0.39, 0.29) is 28.8 Å². The Kier molecular flexibility index (Phi) is 5.47. The fourth-order valence-electron chi connectivity index (χ4n) is 3.38. The van der Waals surface area contributed by atoms with Gasteiger partial charge in [0.1, 0.15) is 6.10 Å². The molecule has 2 aliphatic rings. The molecule has 2 aliphatic heterocycles. The van der Waals surface area contributed by atoms with Crippen LogP contribution >= 0.6 is 0 Å². The van der Waals surface area contributed by atoms with Gasteiger partial charge in [0.15, 0.2) is 8.32 Å². The molecule has 2 rings (SSSR count). The Bertz CT molecular complexity index is 503. The van der Waals surface area contributed by atoms with Gasteiger partial charge in [-0.05, 0) is 37.4 Å². The molecule has 0 spiro atoms. The zero-order chi connectivity index (χ0) is 18.3.